The Bertz CT molecular complexity index is 1280. The van der Waals surface area contributed by atoms with Gasteiger partial charge < -0.3 is 19.7 Å². The SMILES string of the molecule is CCOC(=O)c1ccc(N2CCN(Cc3ccccc3)CC2)c(NC(=S)NC(=O)COc2ccc(C)cc2)c1. The zero-order chi connectivity index (χ0) is 27.6. The van der Waals surface area contributed by atoms with E-state index in [1.54, 1.807) is 19.1 Å². The quantitative estimate of drug-likeness (QED) is 0.302. The van der Waals surface area contributed by atoms with Gasteiger partial charge in [0.05, 0.1) is 23.5 Å². The van der Waals surface area contributed by atoms with Crippen molar-refractivity contribution in [2.24, 2.45) is 0 Å². The Morgan fingerprint density at radius 2 is 1.67 bits per heavy atom. The van der Waals surface area contributed by atoms with E-state index < -0.39 is 5.97 Å². The van der Waals surface area contributed by atoms with E-state index in [1.165, 1.54) is 5.56 Å². The summed E-state index contributed by atoms with van der Waals surface area (Å²) in [6, 6.07) is 23.3. The first kappa shape index (κ1) is 28.1. The van der Waals surface area contributed by atoms with Crippen LogP contribution < -0.4 is 20.3 Å². The van der Waals surface area contributed by atoms with E-state index in [4.69, 9.17) is 21.7 Å². The number of aryl methyl sites for hydroxylation is 1. The lowest BCUT2D eigenvalue weighted by molar-refractivity contribution is -0.121. The number of thiocarbonyl (C=S) groups is 1. The molecule has 1 amide bonds. The van der Waals surface area contributed by atoms with Gasteiger partial charge in [-0.15, -0.1) is 0 Å². The number of piperazine rings is 1. The fourth-order valence-electron chi connectivity index (χ4n) is 4.34. The summed E-state index contributed by atoms with van der Waals surface area (Å²) in [6.45, 7) is 8.17. The lowest BCUT2D eigenvalue weighted by atomic mass is 10.1. The summed E-state index contributed by atoms with van der Waals surface area (Å²) in [6.07, 6.45) is 0. The Morgan fingerprint density at radius 1 is 0.949 bits per heavy atom. The topological polar surface area (TPSA) is 83.1 Å². The highest BCUT2D eigenvalue weighted by Crippen LogP contribution is 2.29. The Labute approximate surface area is 234 Å². The molecular weight excluding hydrogens is 512 g/mol. The largest absolute Gasteiger partial charge is 0.484 e. The summed E-state index contributed by atoms with van der Waals surface area (Å²) in [5.41, 5.74) is 4.33. The third-order valence-electron chi connectivity index (χ3n) is 6.36. The molecule has 0 spiro atoms. The molecule has 0 radical (unpaired) electrons. The van der Waals surface area contributed by atoms with Gasteiger partial charge in [0.25, 0.3) is 5.91 Å². The molecule has 0 bridgehead atoms. The molecule has 0 atom stereocenters. The molecule has 9 heteroatoms. The van der Waals surface area contributed by atoms with Crippen molar-refractivity contribution < 1.29 is 19.1 Å². The fourth-order valence-corrected chi connectivity index (χ4v) is 4.57. The van der Waals surface area contributed by atoms with Crippen molar-refractivity contribution in [3.05, 3.63) is 89.5 Å². The van der Waals surface area contributed by atoms with Gasteiger partial charge >= 0.3 is 5.97 Å². The van der Waals surface area contributed by atoms with Crippen LogP contribution in [0, 0.1) is 6.92 Å². The predicted octanol–water partition coefficient (Wildman–Crippen LogP) is 4.39. The summed E-state index contributed by atoms with van der Waals surface area (Å²) < 4.78 is 10.7. The van der Waals surface area contributed by atoms with Crippen molar-refractivity contribution in [1.82, 2.24) is 10.2 Å². The smallest absolute Gasteiger partial charge is 0.338 e. The zero-order valence-corrected chi connectivity index (χ0v) is 23.1. The Kier molecular flexibility index (Phi) is 9.88. The van der Waals surface area contributed by atoms with Gasteiger partial charge in [0.1, 0.15) is 5.75 Å². The van der Waals surface area contributed by atoms with Crippen molar-refractivity contribution in [3.8, 4) is 5.75 Å². The number of carbonyl (C=O) groups excluding carboxylic acids is 2. The number of ether oxygens (including phenoxy) is 2. The molecule has 1 saturated heterocycles. The summed E-state index contributed by atoms with van der Waals surface area (Å²) in [7, 11) is 0. The minimum Gasteiger partial charge on any atom is -0.484 e. The highest BCUT2D eigenvalue weighted by molar-refractivity contribution is 7.80. The highest BCUT2D eigenvalue weighted by Gasteiger charge is 2.21. The summed E-state index contributed by atoms with van der Waals surface area (Å²) >= 11 is 5.43. The lowest BCUT2D eigenvalue weighted by Gasteiger charge is -2.37. The molecule has 1 aliphatic rings. The number of esters is 1. The van der Waals surface area contributed by atoms with Crippen LogP contribution in [0.1, 0.15) is 28.4 Å². The van der Waals surface area contributed by atoms with Crippen LogP contribution in [0.4, 0.5) is 11.4 Å². The van der Waals surface area contributed by atoms with Gasteiger partial charge in [0.15, 0.2) is 11.7 Å². The van der Waals surface area contributed by atoms with Gasteiger partial charge in [-0.1, -0.05) is 48.0 Å². The molecular formula is C30H34N4O4S. The first-order valence-electron chi connectivity index (χ1n) is 13.0. The Hall–Kier alpha value is -3.95. The molecule has 204 valence electrons. The molecule has 39 heavy (non-hydrogen) atoms. The lowest BCUT2D eigenvalue weighted by Crippen LogP contribution is -2.46. The molecule has 1 heterocycles. The van der Waals surface area contributed by atoms with Crippen LogP contribution in [0.5, 0.6) is 5.75 Å². The average molecular weight is 547 g/mol. The van der Waals surface area contributed by atoms with Gasteiger partial charge in [-0.05, 0) is 62.0 Å². The standard InChI is InChI=1S/C30H34N4O4S/c1-3-37-29(36)24-11-14-27(34-17-15-33(16-18-34)20-23-7-5-4-6-8-23)26(19-24)31-30(39)32-28(35)21-38-25-12-9-22(2)10-13-25/h4-14,19H,3,15-18,20-21H2,1-2H3,(H2,31,32,35,39). The molecule has 1 fully saturated rings. The maximum atomic E-state index is 12.5. The predicted molar refractivity (Wildman–Crippen MR) is 157 cm³/mol. The van der Waals surface area contributed by atoms with E-state index in [9.17, 15) is 9.59 Å². The molecule has 0 aromatic heterocycles. The highest BCUT2D eigenvalue weighted by atomic mass is 32.1. The average Bonchev–Trinajstić information content (AvgIpc) is 2.94. The van der Waals surface area contributed by atoms with Crippen molar-refractivity contribution in [3.63, 3.8) is 0 Å². The third-order valence-corrected chi connectivity index (χ3v) is 6.57. The number of amides is 1. The fraction of sp³-hybridized carbons (Fsp3) is 0.300. The van der Waals surface area contributed by atoms with Crippen LogP contribution in [-0.4, -0.2) is 61.3 Å². The maximum absolute atomic E-state index is 12.5. The van der Waals surface area contributed by atoms with Crippen molar-refractivity contribution in [1.29, 1.82) is 0 Å². The molecule has 2 N–H and O–H groups in total. The molecule has 3 aromatic rings. The number of carbonyl (C=O) groups is 2. The van der Waals surface area contributed by atoms with Crippen LogP contribution in [-0.2, 0) is 16.1 Å². The maximum Gasteiger partial charge on any atom is 0.338 e. The monoisotopic (exact) mass is 546 g/mol. The minimum atomic E-state index is -0.416. The third kappa shape index (κ3) is 8.27. The van der Waals surface area contributed by atoms with E-state index in [2.05, 4.69) is 44.7 Å². The van der Waals surface area contributed by atoms with Crippen molar-refractivity contribution >= 4 is 40.6 Å². The molecule has 1 aliphatic heterocycles. The van der Waals surface area contributed by atoms with E-state index in [0.29, 0.717) is 17.0 Å². The second kappa shape index (κ2) is 13.7. The molecule has 3 aromatic carbocycles. The zero-order valence-electron chi connectivity index (χ0n) is 22.3. The van der Waals surface area contributed by atoms with E-state index >= 15 is 0 Å². The first-order chi connectivity index (χ1) is 18.9. The number of rotatable bonds is 9. The number of hydrogen-bond acceptors (Lipinski definition) is 7. The van der Waals surface area contributed by atoms with E-state index in [-0.39, 0.29) is 24.2 Å². The van der Waals surface area contributed by atoms with Gasteiger partial charge in [-0.2, -0.15) is 0 Å². The van der Waals surface area contributed by atoms with Crippen LogP contribution >= 0.6 is 12.2 Å². The second-order valence-electron chi connectivity index (χ2n) is 9.31. The molecule has 0 unspecified atom stereocenters. The number of anilines is 2. The van der Waals surface area contributed by atoms with Crippen LogP contribution in [0.15, 0.2) is 72.8 Å². The van der Waals surface area contributed by atoms with E-state index in [1.807, 2.05) is 43.3 Å². The summed E-state index contributed by atoms with van der Waals surface area (Å²) in [5, 5.41) is 5.90. The number of nitrogens with one attached hydrogen (secondary N) is 2. The Balaban J connectivity index is 1.40. The summed E-state index contributed by atoms with van der Waals surface area (Å²) in [4.78, 5) is 29.6. The van der Waals surface area contributed by atoms with Gasteiger partial charge in [0.2, 0.25) is 0 Å². The second-order valence-corrected chi connectivity index (χ2v) is 9.71. The van der Waals surface area contributed by atoms with Crippen LogP contribution in [0.3, 0.4) is 0 Å². The van der Waals surface area contributed by atoms with Gasteiger partial charge in [-0.3, -0.25) is 15.0 Å². The molecule has 0 aliphatic carbocycles. The molecule has 0 saturated carbocycles. The first-order valence-corrected chi connectivity index (χ1v) is 13.4. The van der Waals surface area contributed by atoms with Crippen LogP contribution in [0.2, 0.25) is 0 Å². The Morgan fingerprint density at radius 3 is 2.36 bits per heavy atom. The van der Waals surface area contributed by atoms with Crippen LogP contribution in [0.25, 0.3) is 0 Å². The summed E-state index contributed by atoms with van der Waals surface area (Å²) in [5.74, 6) is -0.197. The number of nitrogens with zero attached hydrogens (tertiary/aromatic N) is 2. The molecule has 8 nitrogen and oxygen atoms in total. The van der Waals surface area contributed by atoms with Crippen molar-refractivity contribution in [2.75, 3.05) is 49.6 Å². The normalized spacial score (nSPS) is 13.4. The molecule has 4 rings (SSSR count). The van der Waals surface area contributed by atoms with E-state index in [0.717, 1.165) is 44.0 Å². The van der Waals surface area contributed by atoms with Gasteiger partial charge in [0, 0.05) is 32.7 Å². The number of benzene rings is 3. The number of hydrogen-bond donors (Lipinski definition) is 2. The van der Waals surface area contributed by atoms with Gasteiger partial charge in [-0.25, -0.2) is 4.79 Å². The van der Waals surface area contributed by atoms with Crippen molar-refractivity contribution in [2.45, 2.75) is 20.4 Å². The minimum absolute atomic E-state index is 0.123.